The van der Waals surface area contributed by atoms with Crippen molar-refractivity contribution < 1.29 is 26.7 Å². The van der Waals surface area contributed by atoms with Gasteiger partial charge in [0.1, 0.15) is 17.7 Å². The van der Waals surface area contributed by atoms with Crippen molar-refractivity contribution in [2.45, 2.75) is 43.6 Å². The van der Waals surface area contributed by atoms with Crippen molar-refractivity contribution in [1.82, 2.24) is 14.7 Å². The van der Waals surface area contributed by atoms with Gasteiger partial charge in [0.15, 0.2) is 0 Å². The van der Waals surface area contributed by atoms with E-state index in [1.54, 1.807) is 0 Å². The minimum absolute atomic E-state index is 0.0682. The standard InChI is InChI=1S/C18H21F2N3O4S/c1-26-17-9-21-10-18(22-17)27-16-4-2-15(3-5-16)23-28(24,25)11-12-6-13(19)8-14(20)7-12/h6-10,15-16,23H,2-5,11H2,1H3. The van der Waals surface area contributed by atoms with Crippen molar-refractivity contribution in [3.63, 3.8) is 0 Å². The molecule has 1 fully saturated rings. The molecule has 28 heavy (non-hydrogen) atoms. The van der Waals surface area contributed by atoms with Gasteiger partial charge in [-0.3, -0.25) is 4.98 Å². The molecule has 1 N–H and O–H groups in total. The zero-order valence-corrected chi connectivity index (χ0v) is 16.1. The molecule has 7 nitrogen and oxygen atoms in total. The number of methoxy groups -OCH3 is 1. The normalized spacial score (nSPS) is 20.0. The number of halogens is 2. The maximum Gasteiger partial charge on any atom is 0.235 e. The fourth-order valence-corrected chi connectivity index (χ4v) is 4.60. The van der Waals surface area contributed by atoms with E-state index in [1.165, 1.54) is 19.5 Å². The van der Waals surface area contributed by atoms with Gasteiger partial charge in [0.25, 0.3) is 0 Å². The molecule has 0 spiro atoms. The van der Waals surface area contributed by atoms with Gasteiger partial charge in [-0.1, -0.05) is 0 Å². The number of nitrogens with one attached hydrogen (secondary N) is 1. The van der Waals surface area contributed by atoms with Crippen LogP contribution in [0.15, 0.2) is 30.6 Å². The number of aromatic nitrogens is 2. The Morgan fingerprint density at radius 3 is 2.36 bits per heavy atom. The number of benzene rings is 1. The van der Waals surface area contributed by atoms with Gasteiger partial charge < -0.3 is 9.47 Å². The molecule has 1 heterocycles. The summed E-state index contributed by atoms with van der Waals surface area (Å²) in [6.45, 7) is 0. The van der Waals surface area contributed by atoms with Crippen molar-refractivity contribution in [2.75, 3.05) is 7.11 Å². The highest BCUT2D eigenvalue weighted by Crippen LogP contribution is 2.24. The van der Waals surface area contributed by atoms with E-state index in [0.29, 0.717) is 43.5 Å². The number of sulfonamides is 1. The Morgan fingerprint density at radius 1 is 1.07 bits per heavy atom. The summed E-state index contributed by atoms with van der Waals surface area (Å²) >= 11 is 0. The van der Waals surface area contributed by atoms with Gasteiger partial charge in [-0.05, 0) is 43.4 Å². The maximum atomic E-state index is 13.2. The van der Waals surface area contributed by atoms with Crippen LogP contribution in [-0.4, -0.2) is 37.6 Å². The Labute approximate surface area is 162 Å². The molecule has 3 rings (SSSR count). The van der Waals surface area contributed by atoms with Crippen molar-refractivity contribution in [2.24, 2.45) is 0 Å². The summed E-state index contributed by atoms with van der Waals surface area (Å²) in [6, 6.07) is 2.49. The molecule has 0 aliphatic heterocycles. The lowest BCUT2D eigenvalue weighted by Gasteiger charge is -2.29. The molecule has 0 atom stereocenters. The summed E-state index contributed by atoms with van der Waals surface area (Å²) in [5.41, 5.74) is 0.0682. The fourth-order valence-electron chi connectivity index (χ4n) is 3.16. The highest BCUT2D eigenvalue weighted by Gasteiger charge is 2.26. The summed E-state index contributed by atoms with van der Waals surface area (Å²) < 4.78 is 64.5. The van der Waals surface area contributed by atoms with E-state index in [2.05, 4.69) is 14.7 Å². The highest BCUT2D eigenvalue weighted by molar-refractivity contribution is 7.88. The van der Waals surface area contributed by atoms with Crippen LogP contribution in [0.4, 0.5) is 8.78 Å². The van der Waals surface area contributed by atoms with Gasteiger partial charge in [0.2, 0.25) is 21.8 Å². The van der Waals surface area contributed by atoms with Gasteiger partial charge in [-0.25, -0.2) is 21.9 Å². The molecule has 0 unspecified atom stereocenters. The number of hydrogen-bond donors (Lipinski definition) is 1. The average molecular weight is 413 g/mol. The van der Waals surface area contributed by atoms with Crippen LogP contribution in [0.25, 0.3) is 0 Å². The van der Waals surface area contributed by atoms with Gasteiger partial charge in [0.05, 0.1) is 25.3 Å². The molecular formula is C18H21F2N3O4S. The summed E-state index contributed by atoms with van der Waals surface area (Å²) in [5, 5.41) is 0. The van der Waals surface area contributed by atoms with Crippen LogP contribution in [-0.2, 0) is 15.8 Å². The second kappa shape index (κ2) is 8.78. The Balaban J connectivity index is 1.51. The molecule has 1 aliphatic carbocycles. The van der Waals surface area contributed by atoms with Crippen LogP contribution < -0.4 is 14.2 Å². The summed E-state index contributed by atoms with van der Waals surface area (Å²) in [5.74, 6) is -1.37. The molecule has 1 saturated carbocycles. The SMILES string of the molecule is COc1cncc(OC2CCC(NS(=O)(=O)Cc3cc(F)cc(F)c3)CC2)n1. The molecule has 1 aromatic heterocycles. The van der Waals surface area contributed by atoms with Gasteiger partial charge in [0, 0.05) is 12.1 Å². The molecule has 2 aromatic rings. The lowest BCUT2D eigenvalue weighted by atomic mass is 9.94. The van der Waals surface area contributed by atoms with Crippen LogP contribution in [0.3, 0.4) is 0 Å². The first-order valence-electron chi connectivity index (χ1n) is 8.80. The maximum absolute atomic E-state index is 13.2. The van der Waals surface area contributed by atoms with E-state index in [4.69, 9.17) is 9.47 Å². The number of nitrogens with zero attached hydrogens (tertiary/aromatic N) is 2. The van der Waals surface area contributed by atoms with Gasteiger partial charge in [-0.15, -0.1) is 0 Å². The highest BCUT2D eigenvalue weighted by atomic mass is 32.2. The van der Waals surface area contributed by atoms with Crippen LogP contribution in [0.1, 0.15) is 31.2 Å². The molecule has 1 aliphatic rings. The summed E-state index contributed by atoms with van der Waals surface area (Å²) in [7, 11) is -2.23. The molecule has 0 bridgehead atoms. The Kier molecular flexibility index (Phi) is 6.40. The fraction of sp³-hybridized carbons (Fsp3) is 0.444. The van der Waals surface area contributed by atoms with Crippen molar-refractivity contribution in [3.05, 3.63) is 47.8 Å². The second-order valence-electron chi connectivity index (χ2n) is 6.65. The third kappa shape index (κ3) is 5.83. The topological polar surface area (TPSA) is 90.4 Å². The molecule has 10 heteroatoms. The van der Waals surface area contributed by atoms with Crippen LogP contribution >= 0.6 is 0 Å². The van der Waals surface area contributed by atoms with Crippen molar-refractivity contribution in [3.8, 4) is 11.8 Å². The number of ether oxygens (including phenoxy) is 2. The third-order valence-corrected chi connectivity index (χ3v) is 5.79. The number of rotatable bonds is 7. The average Bonchev–Trinajstić information content (AvgIpc) is 2.62. The Hall–Kier alpha value is -2.33. The van der Waals surface area contributed by atoms with E-state index in [9.17, 15) is 17.2 Å². The molecule has 152 valence electrons. The Morgan fingerprint density at radius 2 is 1.71 bits per heavy atom. The molecule has 1 aromatic carbocycles. The minimum atomic E-state index is -3.72. The first-order chi connectivity index (χ1) is 13.3. The van der Waals surface area contributed by atoms with E-state index < -0.39 is 27.4 Å². The molecule has 0 amide bonds. The first kappa shape index (κ1) is 20.4. The molecular weight excluding hydrogens is 392 g/mol. The van der Waals surface area contributed by atoms with Crippen LogP contribution in [0.2, 0.25) is 0 Å². The number of hydrogen-bond acceptors (Lipinski definition) is 6. The summed E-state index contributed by atoms with van der Waals surface area (Å²) in [4.78, 5) is 8.12. The third-order valence-electron chi connectivity index (χ3n) is 4.39. The smallest absolute Gasteiger partial charge is 0.235 e. The summed E-state index contributed by atoms with van der Waals surface area (Å²) in [6.07, 6.45) is 5.32. The van der Waals surface area contributed by atoms with Crippen molar-refractivity contribution >= 4 is 10.0 Å². The first-order valence-corrected chi connectivity index (χ1v) is 10.5. The van der Waals surface area contributed by atoms with Gasteiger partial charge >= 0.3 is 0 Å². The largest absolute Gasteiger partial charge is 0.480 e. The molecule has 0 radical (unpaired) electrons. The van der Waals surface area contributed by atoms with Gasteiger partial charge in [-0.2, -0.15) is 4.98 Å². The molecule has 0 saturated heterocycles. The lowest BCUT2D eigenvalue weighted by molar-refractivity contribution is 0.136. The van der Waals surface area contributed by atoms with E-state index in [-0.39, 0.29) is 17.7 Å². The van der Waals surface area contributed by atoms with E-state index in [1.807, 2.05) is 0 Å². The predicted octanol–water partition coefficient (Wildman–Crippen LogP) is 2.57. The monoisotopic (exact) mass is 413 g/mol. The predicted molar refractivity (Wildman–Crippen MR) is 97.4 cm³/mol. The zero-order valence-electron chi connectivity index (χ0n) is 15.3. The van der Waals surface area contributed by atoms with E-state index in [0.717, 1.165) is 12.1 Å². The lowest BCUT2D eigenvalue weighted by Crippen LogP contribution is -2.40. The van der Waals surface area contributed by atoms with Crippen LogP contribution in [0, 0.1) is 11.6 Å². The second-order valence-corrected chi connectivity index (χ2v) is 8.40. The Bertz CT molecular complexity index is 899. The van der Waals surface area contributed by atoms with Crippen LogP contribution in [0.5, 0.6) is 11.8 Å². The zero-order chi connectivity index (χ0) is 20.1. The minimum Gasteiger partial charge on any atom is -0.480 e. The van der Waals surface area contributed by atoms with Crippen molar-refractivity contribution in [1.29, 1.82) is 0 Å². The quantitative estimate of drug-likeness (QED) is 0.750. The van der Waals surface area contributed by atoms with E-state index >= 15 is 0 Å².